The molecule has 2 aromatic rings. The van der Waals surface area contributed by atoms with Crippen LogP contribution in [-0.4, -0.2) is 48.6 Å². The Labute approximate surface area is 185 Å². The van der Waals surface area contributed by atoms with E-state index < -0.39 is 5.41 Å². The van der Waals surface area contributed by atoms with Crippen LogP contribution in [0.2, 0.25) is 0 Å². The van der Waals surface area contributed by atoms with Gasteiger partial charge in [0.25, 0.3) is 0 Å². The van der Waals surface area contributed by atoms with Gasteiger partial charge in [0.1, 0.15) is 5.75 Å². The van der Waals surface area contributed by atoms with Gasteiger partial charge in [-0.3, -0.25) is 4.79 Å². The second kappa shape index (κ2) is 13.1. The molecule has 7 heteroatoms. The molecule has 1 aromatic heterocycles. The molecule has 0 spiro atoms. The number of esters is 1. The van der Waals surface area contributed by atoms with Crippen LogP contribution in [0, 0.1) is 5.41 Å². The van der Waals surface area contributed by atoms with Crippen molar-refractivity contribution in [1.82, 2.24) is 9.55 Å². The summed E-state index contributed by atoms with van der Waals surface area (Å²) >= 11 is 0. The molecule has 2 rings (SSSR count). The quantitative estimate of drug-likeness (QED) is 0.309. The van der Waals surface area contributed by atoms with Gasteiger partial charge >= 0.3 is 5.97 Å². The minimum atomic E-state index is -0.465. The first kappa shape index (κ1) is 24.9. The van der Waals surface area contributed by atoms with Crippen LogP contribution in [0.3, 0.4) is 0 Å². The first-order chi connectivity index (χ1) is 14.9. The molecule has 0 fully saturated rings. The smallest absolute Gasteiger partial charge is 0.311 e. The summed E-state index contributed by atoms with van der Waals surface area (Å²) < 4.78 is 24.3. The van der Waals surface area contributed by atoms with E-state index >= 15 is 0 Å². The summed E-state index contributed by atoms with van der Waals surface area (Å²) in [6.07, 6.45) is 7.93. The van der Waals surface area contributed by atoms with E-state index in [-0.39, 0.29) is 12.1 Å². The number of carbonyl (C=O) groups is 1. The minimum Gasteiger partial charge on any atom is -0.497 e. The molecule has 0 radical (unpaired) electrons. The molecule has 0 N–H and O–H groups in total. The molecule has 0 bridgehead atoms. The second-order valence-electron chi connectivity index (χ2n) is 8.18. The van der Waals surface area contributed by atoms with Crippen molar-refractivity contribution in [3.8, 4) is 5.75 Å². The molecule has 1 aromatic carbocycles. The van der Waals surface area contributed by atoms with Crippen LogP contribution in [0.15, 0.2) is 43.0 Å². The molecular formula is C24H36N2O5. The van der Waals surface area contributed by atoms with Crippen molar-refractivity contribution in [2.75, 3.05) is 26.9 Å². The summed E-state index contributed by atoms with van der Waals surface area (Å²) in [5.74, 6) is 0.692. The Kier molecular flexibility index (Phi) is 10.5. The van der Waals surface area contributed by atoms with Gasteiger partial charge in [-0.1, -0.05) is 18.6 Å². The SMILES string of the molecule is CCOC(=O)C(C)(C)CCCCOC(COCc1ccc(OC)cc1)Cn1ccnc1. The third-order valence-electron chi connectivity index (χ3n) is 5.08. The number of hydrogen-bond acceptors (Lipinski definition) is 6. The van der Waals surface area contributed by atoms with E-state index in [2.05, 4.69) is 4.98 Å². The fraction of sp³-hybridized carbons (Fsp3) is 0.583. The molecule has 1 heterocycles. The molecule has 7 nitrogen and oxygen atoms in total. The molecule has 1 atom stereocenters. The number of hydrogen-bond donors (Lipinski definition) is 0. The first-order valence-electron chi connectivity index (χ1n) is 10.9. The summed E-state index contributed by atoms with van der Waals surface area (Å²) in [6, 6.07) is 7.84. The summed E-state index contributed by atoms with van der Waals surface area (Å²) in [4.78, 5) is 16.1. The van der Waals surface area contributed by atoms with E-state index in [0.29, 0.717) is 33.0 Å². The Hall–Kier alpha value is -2.38. The number of aromatic nitrogens is 2. The van der Waals surface area contributed by atoms with Crippen molar-refractivity contribution in [2.24, 2.45) is 5.41 Å². The predicted molar refractivity (Wildman–Crippen MR) is 119 cm³/mol. The van der Waals surface area contributed by atoms with Crippen molar-refractivity contribution in [2.45, 2.75) is 59.3 Å². The minimum absolute atomic E-state index is 0.0782. The summed E-state index contributed by atoms with van der Waals surface area (Å²) in [7, 11) is 1.65. The van der Waals surface area contributed by atoms with Crippen molar-refractivity contribution < 1.29 is 23.7 Å². The van der Waals surface area contributed by atoms with Gasteiger partial charge in [-0.05, 0) is 51.3 Å². The van der Waals surface area contributed by atoms with Gasteiger partial charge in [0.05, 0.1) is 51.3 Å². The van der Waals surface area contributed by atoms with E-state index in [1.165, 1.54) is 0 Å². The fourth-order valence-corrected chi connectivity index (χ4v) is 3.16. The van der Waals surface area contributed by atoms with Crippen LogP contribution in [0.25, 0.3) is 0 Å². The van der Waals surface area contributed by atoms with E-state index in [1.807, 2.05) is 55.8 Å². The zero-order chi connectivity index (χ0) is 22.5. The lowest BCUT2D eigenvalue weighted by Crippen LogP contribution is -2.27. The standard InChI is InChI=1S/C24H36N2O5/c1-5-30-23(27)24(2,3)12-6-7-15-31-22(16-26-14-13-25-19-26)18-29-17-20-8-10-21(28-4)11-9-20/h8-11,13-14,19,22H,5-7,12,15-18H2,1-4H3. The maximum atomic E-state index is 12.0. The van der Waals surface area contributed by atoms with Crippen molar-refractivity contribution in [3.63, 3.8) is 0 Å². The molecule has 0 aliphatic carbocycles. The van der Waals surface area contributed by atoms with Crippen LogP contribution in [0.5, 0.6) is 5.75 Å². The highest BCUT2D eigenvalue weighted by molar-refractivity contribution is 5.75. The molecule has 0 saturated carbocycles. The third kappa shape index (κ3) is 9.11. The van der Waals surface area contributed by atoms with E-state index in [0.717, 1.165) is 30.6 Å². The highest BCUT2D eigenvalue weighted by Crippen LogP contribution is 2.25. The average Bonchev–Trinajstić information content (AvgIpc) is 3.27. The van der Waals surface area contributed by atoms with Crippen molar-refractivity contribution in [3.05, 3.63) is 48.5 Å². The van der Waals surface area contributed by atoms with Gasteiger partial charge in [-0.25, -0.2) is 4.98 Å². The summed E-state index contributed by atoms with van der Waals surface area (Å²) in [5.41, 5.74) is 0.622. The molecular weight excluding hydrogens is 396 g/mol. The number of imidazole rings is 1. The lowest BCUT2D eigenvalue weighted by atomic mass is 9.87. The zero-order valence-electron chi connectivity index (χ0n) is 19.2. The van der Waals surface area contributed by atoms with Gasteiger partial charge in [0, 0.05) is 19.0 Å². The van der Waals surface area contributed by atoms with Crippen molar-refractivity contribution >= 4 is 5.97 Å². The molecule has 0 amide bonds. The lowest BCUT2D eigenvalue weighted by Gasteiger charge is -2.22. The number of unbranched alkanes of at least 4 members (excludes halogenated alkanes) is 1. The molecule has 172 valence electrons. The highest BCUT2D eigenvalue weighted by atomic mass is 16.5. The lowest BCUT2D eigenvalue weighted by molar-refractivity contribution is -0.153. The Morgan fingerprint density at radius 2 is 1.97 bits per heavy atom. The van der Waals surface area contributed by atoms with Crippen molar-refractivity contribution in [1.29, 1.82) is 0 Å². The van der Waals surface area contributed by atoms with Gasteiger partial charge in [-0.2, -0.15) is 0 Å². The van der Waals surface area contributed by atoms with E-state index in [4.69, 9.17) is 18.9 Å². The summed E-state index contributed by atoms with van der Waals surface area (Å²) in [5, 5.41) is 0. The zero-order valence-corrected chi connectivity index (χ0v) is 19.2. The number of carbonyl (C=O) groups excluding carboxylic acids is 1. The van der Waals surface area contributed by atoms with Crippen LogP contribution in [-0.2, 0) is 32.2 Å². The van der Waals surface area contributed by atoms with Gasteiger partial charge < -0.3 is 23.5 Å². The predicted octanol–water partition coefficient (Wildman–Crippen LogP) is 4.25. The number of ether oxygens (including phenoxy) is 4. The number of nitrogens with zero attached hydrogens (tertiary/aromatic N) is 2. The number of methoxy groups -OCH3 is 1. The number of rotatable bonds is 15. The maximum absolute atomic E-state index is 12.0. The van der Waals surface area contributed by atoms with Gasteiger partial charge in [0.2, 0.25) is 0 Å². The topological polar surface area (TPSA) is 71.8 Å². The maximum Gasteiger partial charge on any atom is 0.311 e. The highest BCUT2D eigenvalue weighted by Gasteiger charge is 2.28. The second-order valence-corrected chi connectivity index (χ2v) is 8.18. The Morgan fingerprint density at radius 3 is 2.61 bits per heavy atom. The van der Waals surface area contributed by atoms with Crippen LogP contribution in [0.1, 0.15) is 45.6 Å². The molecule has 31 heavy (non-hydrogen) atoms. The van der Waals surface area contributed by atoms with Crippen LogP contribution >= 0.6 is 0 Å². The first-order valence-corrected chi connectivity index (χ1v) is 10.9. The largest absolute Gasteiger partial charge is 0.497 e. The average molecular weight is 433 g/mol. The monoisotopic (exact) mass is 432 g/mol. The number of benzene rings is 1. The Morgan fingerprint density at radius 1 is 1.19 bits per heavy atom. The Balaban J connectivity index is 1.75. The molecule has 0 aliphatic rings. The Bertz CT molecular complexity index is 744. The van der Waals surface area contributed by atoms with Gasteiger partial charge in [-0.15, -0.1) is 0 Å². The fourth-order valence-electron chi connectivity index (χ4n) is 3.16. The molecule has 0 aliphatic heterocycles. The third-order valence-corrected chi connectivity index (χ3v) is 5.08. The molecule has 0 saturated heterocycles. The van der Waals surface area contributed by atoms with E-state index in [9.17, 15) is 4.79 Å². The normalized spacial score (nSPS) is 12.5. The summed E-state index contributed by atoms with van der Waals surface area (Å²) in [6.45, 7) is 8.40. The van der Waals surface area contributed by atoms with Gasteiger partial charge in [0.15, 0.2) is 0 Å². The van der Waals surface area contributed by atoms with Crippen LogP contribution < -0.4 is 4.74 Å². The van der Waals surface area contributed by atoms with E-state index in [1.54, 1.807) is 19.6 Å². The molecule has 1 unspecified atom stereocenters. The van der Waals surface area contributed by atoms with Crippen LogP contribution in [0.4, 0.5) is 0 Å².